The predicted octanol–water partition coefficient (Wildman–Crippen LogP) is 4.67. The van der Waals surface area contributed by atoms with E-state index in [1.54, 1.807) is 24.3 Å². The van der Waals surface area contributed by atoms with Gasteiger partial charge in [-0.2, -0.15) is 10.2 Å². The van der Waals surface area contributed by atoms with Crippen LogP contribution in [-0.4, -0.2) is 36.5 Å². The first kappa shape index (κ1) is 23.4. The normalized spacial score (nSPS) is 14.5. The molecule has 0 atom stereocenters. The molecular weight excluding hydrogens is 426 g/mol. The van der Waals surface area contributed by atoms with Gasteiger partial charge in [0.05, 0.1) is 11.4 Å². The molecule has 0 unspecified atom stereocenters. The van der Waals surface area contributed by atoms with E-state index in [1.165, 1.54) is 6.08 Å². The average molecular weight is 449 g/mol. The van der Waals surface area contributed by atoms with Crippen molar-refractivity contribution in [3.63, 3.8) is 0 Å². The number of carbonyl (C=O) groups excluding carboxylic acids is 2. The summed E-state index contributed by atoms with van der Waals surface area (Å²) in [6.45, 7) is 9.56. The number of hydrogen-bond acceptors (Lipinski definition) is 9. The Hall–Kier alpha value is -4.31. The van der Waals surface area contributed by atoms with Gasteiger partial charge in [0.1, 0.15) is 11.8 Å². The Kier molecular flexibility index (Phi) is 8.03. The first-order valence-corrected chi connectivity index (χ1v) is 10.2. The summed E-state index contributed by atoms with van der Waals surface area (Å²) in [6.07, 6.45) is 2.46. The molecule has 0 spiro atoms. The fraction of sp³-hybridized carbons (Fsp3) is 0.174. The zero-order chi connectivity index (χ0) is 23.6. The molecule has 1 aliphatic rings. The minimum Gasteiger partial charge on any atom is -0.407 e. The van der Waals surface area contributed by atoms with Gasteiger partial charge in [0.15, 0.2) is 0 Å². The minimum absolute atomic E-state index is 0.0115. The quantitative estimate of drug-likeness (QED) is 0.130. The highest BCUT2D eigenvalue weighted by Gasteiger charge is 2.34. The summed E-state index contributed by atoms with van der Waals surface area (Å²) < 4.78 is 4.76. The molecule has 10 heteroatoms. The minimum atomic E-state index is -0.675. The Morgan fingerprint density at radius 3 is 2.18 bits per heavy atom. The molecule has 33 heavy (non-hydrogen) atoms. The molecule has 0 N–H and O–H groups in total. The van der Waals surface area contributed by atoms with Crippen LogP contribution in [0.2, 0.25) is 0 Å². The highest BCUT2D eigenvalue weighted by atomic mass is 17.3. The number of rotatable bonds is 10. The largest absolute Gasteiger partial charge is 0.407 e. The lowest BCUT2D eigenvalue weighted by Gasteiger charge is -2.20. The van der Waals surface area contributed by atoms with Crippen molar-refractivity contribution in [3.05, 3.63) is 72.5 Å². The number of hydrazone groups is 1. The molecule has 0 saturated heterocycles. The summed E-state index contributed by atoms with van der Waals surface area (Å²) in [5.41, 5.74) is 3.17. The Labute approximate surface area is 190 Å². The molecule has 0 saturated carbocycles. The van der Waals surface area contributed by atoms with Crippen LogP contribution in [0.4, 0.5) is 17.1 Å². The molecule has 1 aliphatic heterocycles. The van der Waals surface area contributed by atoms with E-state index in [2.05, 4.69) is 50.5 Å². The van der Waals surface area contributed by atoms with Crippen LogP contribution in [-0.2, 0) is 24.2 Å². The van der Waals surface area contributed by atoms with E-state index in [0.717, 1.165) is 30.7 Å². The van der Waals surface area contributed by atoms with Crippen molar-refractivity contribution < 1.29 is 24.2 Å². The summed E-state index contributed by atoms with van der Waals surface area (Å²) in [5.74, 6) is -0.898. The number of anilines is 1. The van der Waals surface area contributed by atoms with Crippen molar-refractivity contribution in [2.75, 3.05) is 18.0 Å². The van der Waals surface area contributed by atoms with Crippen molar-refractivity contribution in [2.24, 2.45) is 15.3 Å². The SMILES string of the molecule is C=COON1N=C(OC=O)/C(=C/c2ccc(/N=N/c3ccc(N(CC)CC)cc3)cc2)C1=O. The highest BCUT2D eigenvalue weighted by molar-refractivity contribution is 6.25. The van der Waals surface area contributed by atoms with Crippen LogP contribution < -0.4 is 4.90 Å². The van der Waals surface area contributed by atoms with E-state index in [9.17, 15) is 9.59 Å². The summed E-state index contributed by atoms with van der Waals surface area (Å²) in [5, 5.41) is 12.8. The molecular formula is C23H23N5O5. The molecule has 1 amide bonds. The van der Waals surface area contributed by atoms with Crippen molar-refractivity contribution in [1.82, 2.24) is 5.17 Å². The van der Waals surface area contributed by atoms with Gasteiger partial charge < -0.3 is 14.5 Å². The van der Waals surface area contributed by atoms with Crippen molar-refractivity contribution in [1.29, 1.82) is 0 Å². The van der Waals surface area contributed by atoms with Crippen LogP contribution in [0.15, 0.2) is 82.3 Å². The van der Waals surface area contributed by atoms with Gasteiger partial charge in [-0.1, -0.05) is 29.0 Å². The zero-order valence-corrected chi connectivity index (χ0v) is 18.2. The van der Waals surface area contributed by atoms with Gasteiger partial charge >= 0.3 is 5.91 Å². The topological polar surface area (TPSA) is 105 Å². The summed E-state index contributed by atoms with van der Waals surface area (Å²) in [6, 6.07) is 14.8. The molecule has 0 radical (unpaired) electrons. The van der Waals surface area contributed by atoms with E-state index in [1.807, 2.05) is 24.3 Å². The lowest BCUT2D eigenvalue weighted by Crippen LogP contribution is -2.22. The van der Waals surface area contributed by atoms with E-state index in [-0.39, 0.29) is 17.9 Å². The number of azo groups is 1. The molecule has 2 aromatic rings. The molecule has 3 rings (SSSR count). The first-order chi connectivity index (χ1) is 16.1. The van der Waals surface area contributed by atoms with Crippen LogP contribution in [0.3, 0.4) is 0 Å². The van der Waals surface area contributed by atoms with Gasteiger partial charge in [-0.15, -0.1) is 0 Å². The molecule has 0 aliphatic carbocycles. The van der Waals surface area contributed by atoms with Crippen LogP contribution in [0.1, 0.15) is 19.4 Å². The van der Waals surface area contributed by atoms with Gasteiger partial charge in [-0.3, -0.25) is 9.59 Å². The maximum absolute atomic E-state index is 12.4. The third kappa shape index (κ3) is 5.89. The predicted molar refractivity (Wildman–Crippen MR) is 122 cm³/mol. The number of hydrogen-bond donors (Lipinski definition) is 0. The number of benzene rings is 2. The number of amides is 1. The standard InChI is InChI=1S/C23H23N5O5/c1-4-27(5-2)20-13-11-19(12-14-20)25-24-18-9-7-17(8-10-18)15-21-22(31-16-29)26-28(23(21)30)33-32-6-3/h6-16H,3-5H2,1-2H3/b21-15-,25-24+. The smallest absolute Gasteiger partial charge is 0.309 e. The van der Waals surface area contributed by atoms with Crippen LogP contribution in [0.5, 0.6) is 0 Å². The van der Waals surface area contributed by atoms with Crippen molar-refractivity contribution in [3.8, 4) is 0 Å². The zero-order valence-electron chi connectivity index (χ0n) is 18.2. The second kappa shape index (κ2) is 11.3. The molecule has 0 fully saturated rings. The maximum atomic E-state index is 12.4. The van der Waals surface area contributed by atoms with Crippen molar-refractivity contribution >= 4 is 41.4 Å². The Balaban J connectivity index is 1.71. The van der Waals surface area contributed by atoms with Gasteiger partial charge in [-0.05, 0) is 66.9 Å². The molecule has 1 heterocycles. The second-order valence-electron chi connectivity index (χ2n) is 6.57. The monoisotopic (exact) mass is 449 g/mol. The molecule has 0 aromatic heterocycles. The molecule has 0 bridgehead atoms. The van der Waals surface area contributed by atoms with Crippen molar-refractivity contribution in [2.45, 2.75) is 13.8 Å². The highest BCUT2D eigenvalue weighted by Crippen LogP contribution is 2.24. The maximum Gasteiger partial charge on any atom is 0.309 e. The van der Waals surface area contributed by atoms with Crippen LogP contribution >= 0.6 is 0 Å². The number of nitrogens with zero attached hydrogens (tertiary/aromatic N) is 5. The Morgan fingerprint density at radius 2 is 1.64 bits per heavy atom. The number of hydroxylamine groups is 1. The summed E-state index contributed by atoms with van der Waals surface area (Å²) in [4.78, 5) is 34.5. The summed E-state index contributed by atoms with van der Waals surface area (Å²) in [7, 11) is 0. The van der Waals surface area contributed by atoms with Crippen LogP contribution in [0.25, 0.3) is 6.08 Å². The van der Waals surface area contributed by atoms with E-state index in [4.69, 9.17) is 4.74 Å². The van der Waals surface area contributed by atoms with Gasteiger partial charge in [-0.25, -0.2) is 0 Å². The Morgan fingerprint density at radius 1 is 1.03 bits per heavy atom. The lowest BCUT2D eigenvalue weighted by molar-refractivity contribution is -0.378. The molecule has 2 aromatic carbocycles. The van der Waals surface area contributed by atoms with Gasteiger partial charge in [0, 0.05) is 18.8 Å². The fourth-order valence-corrected chi connectivity index (χ4v) is 2.99. The van der Waals surface area contributed by atoms with Gasteiger partial charge in [0.2, 0.25) is 0 Å². The average Bonchev–Trinajstić information content (AvgIpc) is 3.13. The van der Waals surface area contributed by atoms with Gasteiger partial charge in [0.25, 0.3) is 12.4 Å². The van der Waals surface area contributed by atoms with E-state index in [0.29, 0.717) is 16.4 Å². The third-order valence-electron chi connectivity index (χ3n) is 4.62. The molecule has 170 valence electrons. The Bertz CT molecular complexity index is 1070. The number of ether oxygens (including phenoxy) is 1. The second-order valence-corrected chi connectivity index (χ2v) is 6.57. The first-order valence-electron chi connectivity index (χ1n) is 10.2. The summed E-state index contributed by atoms with van der Waals surface area (Å²) >= 11 is 0. The lowest BCUT2D eigenvalue weighted by atomic mass is 10.1. The molecule has 10 nitrogen and oxygen atoms in total. The van der Waals surface area contributed by atoms with E-state index >= 15 is 0 Å². The number of carbonyl (C=O) groups is 2. The van der Waals surface area contributed by atoms with Crippen LogP contribution in [0, 0.1) is 0 Å². The van der Waals surface area contributed by atoms with E-state index < -0.39 is 5.91 Å². The fourth-order valence-electron chi connectivity index (χ4n) is 2.99. The third-order valence-corrected chi connectivity index (χ3v) is 4.62.